The number of hydrogen-bond donors (Lipinski definition) is 2. The summed E-state index contributed by atoms with van der Waals surface area (Å²) in [7, 11) is 0. The molecule has 0 saturated heterocycles. The molecule has 22 heavy (non-hydrogen) atoms. The van der Waals surface area contributed by atoms with Gasteiger partial charge in [0.15, 0.2) is 0 Å². The summed E-state index contributed by atoms with van der Waals surface area (Å²) in [4.78, 5) is 0. The first-order chi connectivity index (χ1) is 10.7. The Balaban J connectivity index is 2.04. The number of nitrogens with zero attached hydrogens (tertiary/aromatic N) is 2. The van der Waals surface area contributed by atoms with Gasteiger partial charge in [-0.3, -0.25) is 0 Å². The van der Waals surface area contributed by atoms with Gasteiger partial charge in [0.1, 0.15) is 0 Å². The minimum atomic E-state index is -0.0542. The highest BCUT2D eigenvalue weighted by Gasteiger charge is 2.03. The van der Waals surface area contributed by atoms with E-state index in [1.54, 1.807) is 6.21 Å². The molecule has 108 valence electrons. The van der Waals surface area contributed by atoms with Gasteiger partial charge in [0.05, 0.1) is 6.21 Å². The standard InChI is InChI=1S/C18H16N4/c19-18(20)22-21-12-13-5-3-8-15(11-13)17-10-4-7-14-6-1-2-9-16(14)17/h1-12H,(H4,19,20,22). The molecule has 0 aromatic heterocycles. The van der Waals surface area contributed by atoms with Crippen LogP contribution in [0.3, 0.4) is 0 Å². The fourth-order valence-electron chi connectivity index (χ4n) is 2.43. The second-order valence-corrected chi connectivity index (χ2v) is 4.92. The van der Waals surface area contributed by atoms with Gasteiger partial charge in [-0.2, -0.15) is 5.10 Å². The van der Waals surface area contributed by atoms with E-state index in [1.807, 2.05) is 18.2 Å². The Morgan fingerprint density at radius 3 is 2.50 bits per heavy atom. The van der Waals surface area contributed by atoms with E-state index in [-0.39, 0.29) is 5.96 Å². The summed E-state index contributed by atoms with van der Waals surface area (Å²) in [6, 6.07) is 22.7. The third-order valence-corrected chi connectivity index (χ3v) is 3.37. The predicted octanol–water partition coefficient (Wildman–Crippen LogP) is 3.11. The summed E-state index contributed by atoms with van der Waals surface area (Å²) in [5, 5.41) is 9.91. The second kappa shape index (κ2) is 6.10. The molecule has 4 heteroatoms. The van der Waals surface area contributed by atoms with Crippen molar-refractivity contribution < 1.29 is 0 Å². The molecule has 0 aliphatic carbocycles. The van der Waals surface area contributed by atoms with Crippen molar-refractivity contribution in [3.8, 4) is 11.1 Å². The van der Waals surface area contributed by atoms with Crippen molar-refractivity contribution >= 4 is 22.9 Å². The fourth-order valence-corrected chi connectivity index (χ4v) is 2.43. The van der Waals surface area contributed by atoms with Crippen LogP contribution in [0.4, 0.5) is 0 Å². The maximum Gasteiger partial charge on any atom is 0.211 e. The van der Waals surface area contributed by atoms with Crippen LogP contribution in [-0.4, -0.2) is 12.2 Å². The van der Waals surface area contributed by atoms with Gasteiger partial charge < -0.3 is 11.5 Å². The highest BCUT2D eigenvalue weighted by molar-refractivity contribution is 5.97. The van der Waals surface area contributed by atoms with Gasteiger partial charge in [0, 0.05) is 0 Å². The molecule has 0 heterocycles. The van der Waals surface area contributed by atoms with E-state index in [9.17, 15) is 0 Å². The molecule has 0 unspecified atom stereocenters. The van der Waals surface area contributed by atoms with Gasteiger partial charge in [-0.05, 0) is 33.5 Å². The minimum absolute atomic E-state index is 0.0542. The normalized spacial score (nSPS) is 10.9. The molecular weight excluding hydrogens is 272 g/mol. The molecular formula is C18H16N4. The van der Waals surface area contributed by atoms with Gasteiger partial charge in [0.2, 0.25) is 5.96 Å². The Morgan fingerprint density at radius 1 is 0.864 bits per heavy atom. The summed E-state index contributed by atoms with van der Waals surface area (Å²) < 4.78 is 0. The van der Waals surface area contributed by atoms with Crippen molar-refractivity contribution in [2.45, 2.75) is 0 Å². The van der Waals surface area contributed by atoms with E-state index in [0.29, 0.717) is 0 Å². The van der Waals surface area contributed by atoms with Gasteiger partial charge in [-0.1, -0.05) is 60.7 Å². The maximum absolute atomic E-state index is 5.25. The molecule has 0 aliphatic rings. The number of hydrogen-bond acceptors (Lipinski definition) is 2. The van der Waals surface area contributed by atoms with E-state index < -0.39 is 0 Å². The molecule has 4 nitrogen and oxygen atoms in total. The van der Waals surface area contributed by atoms with Crippen LogP contribution in [0.1, 0.15) is 5.56 Å². The van der Waals surface area contributed by atoms with E-state index in [1.165, 1.54) is 16.3 Å². The topological polar surface area (TPSA) is 76.8 Å². The Kier molecular flexibility index (Phi) is 3.83. The molecule has 0 bridgehead atoms. The van der Waals surface area contributed by atoms with Crippen molar-refractivity contribution in [3.05, 3.63) is 72.3 Å². The lowest BCUT2D eigenvalue weighted by molar-refractivity contribution is 1.21. The van der Waals surface area contributed by atoms with E-state index in [4.69, 9.17) is 11.5 Å². The van der Waals surface area contributed by atoms with Crippen molar-refractivity contribution in [1.29, 1.82) is 0 Å². The first-order valence-corrected chi connectivity index (χ1v) is 6.94. The third kappa shape index (κ3) is 2.96. The van der Waals surface area contributed by atoms with Crippen molar-refractivity contribution in [3.63, 3.8) is 0 Å². The largest absolute Gasteiger partial charge is 0.369 e. The van der Waals surface area contributed by atoms with Crippen LogP contribution in [0.15, 0.2) is 76.9 Å². The lowest BCUT2D eigenvalue weighted by Crippen LogP contribution is -2.21. The maximum atomic E-state index is 5.25. The fraction of sp³-hybridized carbons (Fsp3) is 0. The quantitative estimate of drug-likeness (QED) is 0.441. The summed E-state index contributed by atoms with van der Waals surface area (Å²) in [6.45, 7) is 0. The first kappa shape index (κ1) is 13.8. The number of nitrogens with two attached hydrogens (primary N) is 2. The van der Waals surface area contributed by atoms with Gasteiger partial charge >= 0.3 is 0 Å². The van der Waals surface area contributed by atoms with Crippen LogP contribution in [0.5, 0.6) is 0 Å². The SMILES string of the molecule is NC(N)=NN=Cc1cccc(-c2cccc3ccccc23)c1. The molecule has 0 amide bonds. The smallest absolute Gasteiger partial charge is 0.211 e. The van der Waals surface area contributed by atoms with Crippen molar-refractivity contribution in [2.75, 3.05) is 0 Å². The summed E-state index contributed by atoms with van der Waals surface area (Å²) in [6.07, 6.45) is 1.63. The summed E-state index contributed by atoms with van der Waals surface area (Å²) in [5.41, 5.74) is 13.8. The second-order valence-electron chi connectivity index (χ2n) is 4.92. The number of fused-ring (bicyclic) bond motifs is 1. The molecule has 0 aliphatic heterocycles. The lowest BCUT2D eigenvalue weighted by Gasteiger charge is -2.07. The van der Waals surface area contributed by atoms with Crippen molar-refractivity contribution in [1.82, 2.24) is 0 Å². The predicted molar refractivity (Wildman–Crippen MR) is 92.8 cm³/mol. The zero-order chi connectivity index (χ0) is 15.4. The molecule has 0 fully saturated rings. The molecule has 0 atom stereocenters. The average Bonchev–Trinajstić information content (AvgIpc) is 2.54. The Morgan fingerprint density at radius 2 is 1.64 bits per heavy atom. The summed E-state index contributed by atoms with van der Waals surface area (Å²) >= 11 is 0. The van der Waals surface area contributed by atoms with Crippen LogP contribution in [-0.2, 0) is 0 Å². The molecule has 0 spiro atoms. The average molecular weight is 288 g/mol. The monoisotopic (exact) mass is 288 g/mol. The van der Waals surface area contributed by atoms with E-state index in [0.717, 1.165) is 11.1 Å². The van der Waals surface area contributed by atoms with Crippen LogP contribution < -0.4 is 11.5 Å². The van der Waals surface area contributed by atoms with Gasteiger partial charge in [0.25, 0.3) is 0 Å². The van der Waals surface area contributed by atoms with Crippen LogP contribution >= 0.6 is 0 Å². The van der Waals surface area contributed by atoms with Crippen LogP contribution in [0, 0.1) is 0 Å². The minimum Gasteiger partial charge on any atom is -0.369 e. The Labute approximate surface area is 128 Å². The third-order valence-electron chi connectivity index (χ3n) is 3.37. The van der Waals surface area contributed by atoms with Gasteiger partial charge in [-0.25, -0.2) is 0 Å². The van der Waals surface area contributed by atoms with Crippen molar-refractivity contribution in [2.24, 2.45) is 21.7 Å². The molecule has 3 aromatic carbocycles. The zero-order valence-corrected chi connectivity index (χ0v) is 12.0. The number of benzene rings is 3. The molecule has 3 rings (SSSR count). The highest BCUT2D eigenvalue weighted by atomic mass is 15.3. The molecule has 0 saturated carbocycles. The Hall–Kier alpha value is -3.14. The molecule has 4 N–H and O–H groups in total. The summed E-state index contributed by atoms with van der Waals surface area (Å²) in [5.74, 6) is -0.0542. The van der Waals surface area contributed by atoms with E-state index in [2.05, 4.69) is 58.7 Å². The zero-order valence-electron chi connectivity index (χ0n) is 12.0. The number of rotatable bonds is 3. The Bertz CT molecular complexity index is 856. The number of guanidine groups is 1. The van der Waals surface area contributed by atoms with E-state index >= 15 is 0 Å². The lowest BCUT2D eigenvalue weighted by atomic mass is 9.97. The van der Waals surface area contributed by atoms with Crippen LogP contribution in [0.25, 0.3) is 21.9 Å². The first-order valence-electron chi connectivity index (χ1n) is 6.94. The highest BCUT2D eigenvalue weighted by Crippen LogP contribution is 2.28. The van der Waals surface area contributed by atoms with Crippen LogP contribution in [0.2, 0.25) is 0 Å². The molecule has 3 aromatic rings. The van der Waals surface area contributed by atoms with Gasteiger partial charge in [-0.15, -0.1) is 5.10 Å². The molecule has 0 radical (unpaired) electrons.